The number of hydrogen-bond donors (Lipinski definition) is 0. The SMILES string of the molecule is N#Cc1ccc(C(=O)N2CCCC[C@H]2CCn2ccnc2)cn1. The fraction of sp³-hybridized carbons (Fsp3) is 0.412. The molecule has 1 aliphatic rings. The van der Waals surface area contributed by atoms with Crippen LogP contribution >= 0.6 is 0 Å². The molecule has 0 N–H and O–H groups in total. The van der Waals surface area contributed by atoms with Crippen molar-refractivity contribution in [1.82, 2.24) is 19.4 Å². The van der Waals surface area contributed by atoms with Crippen molar-refractivity contribution >= 4 is 5.91 Å². The third kappa shape index (κ3) is 3.57. The Morgan fingerprint density at radius 3 is 3.00 bits per heavy atom. The molecule has 6 nitrogen and oxygen atoms in total. The molecule has 23 heavy (non-hydrogen) atoms. The highest BCUT2D eigenvalue weighted by molar-refractivity contribution is 5.94. The summed E-state index contributed by atoms with van der Waals surface area (Å²) in [5.74, 6) is 0.0114. The molecule has 1 fully saturated rings. The lowest BCUT2D eigenvalue weighted by Crippen LogP contribution is -2.44. The molecule has 0 unspecified atom stereocenters. The number of amides is 1. The van der Waals surface area contributed by atoms with Crippen LogP contribution < -0.4 is 0 Å². The van der Waals surface area contributed by atoms with E-state index in [1.165, 1.54) is 6.20 Å². The number of piperidine rings is 1. The molecule has 1 aliphatic heterocycles. The maximum absolute atomic E-state index is 12.8. The normalized spacial score (nSPS) is 17.7. The Balaban J connectivity index is 1.69. The summed E-state index contributed by atoms with van der Waals surface area (Å²) in [5.41, 5.74) is 0.885. The van der Waals surface area contributed by atoms with Crippen molar-refractivity contribution in [3.05, 3.63) is 48.3 Å². The van der Waals surface area contributed by atoms with Gasteiger partial charge in [-0.2, -0.15) is 5.26 Å². The third-order valence-electron chi connectivity index (χ3n) is 4.29. The minimum atomic E-state index is 0.0114. The number of likely N-dealkylation sites (tertiary alicyclic amines) is 1. The Labute approximate surface area is 135 Å². The van der Waals surface area contributed by atoms with Gasteiger partial charge in [0.05, 0.1) is 11.9 Å². The molecule has 2 aromatic heterocycles. The van der Waals surface area contributed by atoms with Crippen LogP contribution in [-0.2, 0) is 6.54 Å². The summed E-state index contributed by atoms with van der Waals surface area (Å²) < 4.78 is 2.04. The lowest BCUT2D eigenvalue weighted by molar-refractivity contribution is 0.0595. The topological polar surface area (TPSA) is 74.8 Å². The van der Waals surface area contributed by atoms with Crippen molar-refractivity contribution in [2.24, 2.45) is 0 Å². The molecule has 0 aliphatic carbocycles. The van der Waals surface area contributed by atoms with Gasteiger partial charge in [0.1, 0.15) is 11.8 Å². The lowest BCUT2D eigenvalue weighted by Gasteiger charge is -2.36. The maximum atomic E-state index is 12.8. The van der Waals surface area contributed by atoms with Gasteiger partial charge in [-0.3, -0.25) is 4.79 Å². The molecular formula is C17H19N5O. The zero-order valence-corrected chi connectivity index (χ0v) is 12.9. The number of pyridine rings is 1. The highest BCUT2D eigenvalue weighted by atomic mass is 16.2. The largest absolute Gasteiger partial charge is 0.337 e. The molecule has 3 heterocycles. The minimum absolute atomic E-state index is 0.0114. The first-order chi connectivity index (χ1) is 11.3. The van der Waals surface area contributed by atoms with E-state index < -0.39 is 0 Å². The number of hydrogen-bond acceptors (Lipinski definition) is 4. The third-order valence-corrected chi connectivity index (χ3v) is 4.29. The lowest BCUT2D eigenvalue weighted by atomic mass is 9.98. The van der Waals surface area contributed by atoms with E-state index in [0.717, 1.165) is 38.8 Å². The Morgan fingerprint density at radius 2 is 2.30 bits per heavy atom. The van der Waals surface area contributed by atoms with Crippen molar-refractivity contribution in [2.45, 2.75) is 38.3 Å². The molecule has 0 aromatic carbocycles. The first-order valence-corrected chi connectivity index (χ1v) is 7.91. The minimum Gasteiger partial charge on any atom is -0.337 e. The van der Waals surface area contributed by atoms with Gasteiger partial charge in [-0.05, 0) is 37.8 Å². The first-order valence-electron chi connectivity index (χ1n) is 7.91. The fourth-order valence-electron chi connectivity index (χ4n) is 3.04. The molecule has 118 valence electrons. The van der Waals surface area contributed by atoms with Crippen LogP contribution in [0.15, 0.2) is 37.1 Å². The quantitative estimate of drug-likeness (QED) is 0.868. The van der Waals surface area contributed by atoms with Crippen LogP contribution in [0.1, 0.15) is 41.7 Å². The summed E-state index contributed by atoms with van der Waals surface area (Å²) in [6.45, 7) is 1.65. The molecule has 1 atom stereocenters. The smallest absolute Gasteiger partial charge is 0.255 e. The number of carbonyl (C=O) groups excluding carboxylic acids is 1. The number of nitrogens with zero attached hydrogens (tertiary/aromatic N) is 5. The van der Waals surface area contributed by atoms with Crippen molar-refractivity contribution < 1.29 is 4.79 Å². The van der Waals surface area contributed by atoms with Crippen LogP contribution in [0.25, 0.3) is 0 Å². The number of rotatable bonds is 4. The van der Waals surface area contributed by atoms with Crippen LogP contribution in [0.3, 0.4) is 0 Å². The standard InChI is InChI=1S/C17H19N5O/c18-11-15-5-4-14(12-20-15)17(23)22-8-2-1-3-16(22)6-9-21-10-7-19-13-21/h4-5,7,10,12-13,16H,1-3,6,8-9H2/t16-/m0/s1. The van der Waals surface area contributed by atoms with Crippen LogP contribution in [0.5, 0.6) is 0 Å². The summed E-state index contributed by atoms with van der Waals surface area (Å²) in [7, 11) is 0. The van der Waals surface area contributed by atoms with E-state index in [1.807, 2.05) is 21.7 Å². The van der Waals surface area contributed by atoms with E-state index in [1.54, 1.807) is 24.7 Å². The Hall–Kier alpha value is -2.68. The van der Waals surface area contributed by atoms with Crippen LogP contribution in [-0.4, -0.2) is 37.9 Å². The van der Waals surface area contributed by atoms with Crippen molar-refractivity contribution in [2.75, 3.05) is 6.54 Å². The Bertz CT molecular complexity index is 687. The Morgan fingerprint density at radius 1 is 1.39 bits per heavy atom. The number of imidazole rings is 1. The van der Waals surface area contributed by atoms with Crippen molar-refractivity contribution in [3.63, 3.8) is 0 Å². The van der Waals surface area contributed by atoms with Gasteiger partial charge in [-0.15, -0.1) is 0 Å². The zero-order chi connectivity index (χ0) is 16.1. The predicted octanol–water partition coefficient (Wildman–Crippen LogP) is 2.23. The van der Waals surface area contributed by atoms with Gasteiger partial charge in [0, 0.05) is 37.7 Å². The Kier molecular flexibility index (Phi) is 4.67. The van der Waals surface area contributed by atoms with Gasteiger partial charge < -0.3 is 9.47 Å². The summed E-state index contributed by atoms with van der Waals surface area (Å²) in [5, 5.41) is 8.80. The van der Waals surface area contributed by atoms with E-state index in [-0.39, 0.29) is 11.9 Å². The van der Waals surface area contributed by atoms with Gasteiger partial charge in [0.2, 0.25) is 0 Å². The average Bonchev–Trinajstić information content (AvgIpc) is 3.13. The van der Waals surface area contributed by atoms with Crippen molar-refractivity contribution in [3.8, 4) is 6.07 Å². The van der Waals surface area contributed by atoms with Gasteiger partial charge >= 0.3 is 0 Å². The molecule has 0 bridgehead atoms. The summed E-state index contributed by atoms with van der Waals surface area (Å²) in [6.07, 6.45) is 11.2. The number of carbonyl (C=O) groups is 1. The molecule has 2 aromatic rings. The number of nitriles is 1. The monoisotopic (exact) mass is 309 g/mol. The molecule has 0 radical (unpaired) electrons. The van der Waals surface area contributed by atoms with Crippen molar-refractivity contribution in [1.29, 1.82) is 5.26 Å². The molecule has 3 rings (SSSR count). The second kappa shape index (κ2) is 7.05. The number of aryl methyl sites for hydroxylation is 1. The van der Waals surface area contributed by atoms with E-state index >= 15 is 0 Å². The maximum Gasteiger partial charge on any atom is 0.255 e. The van der Waals surface area contributed by atoms with E-state index in [9.17, 15) is 4.79 Å². The van der Waals surface area contributed by atoms with Crippen LogP contribution in [0.2, 0.25) is 0 Å². The molecule has 6 heteroatoms. The number of aromatic nitrogens is 3. The first kappa shape index (κ1) is 15.2. The van der Waals surface area contributed by atoms with E-state index in [0.29, 0.717) is 11.3 Å². The molecule has 1 saturated heterocycles. The molecular weight excluding hydrogens is 290 g/mol. The second-order valence-corrected chi connectivity index (χ2v) is 5.78. The van der Waals surface area contributed by atoms with Gasteiger partial charge in [0.15, 0.2) is 0 Å². The predicted molar refractivity (Wildman–Crippen MR) is 84.5 cm³/mol. The molecule has 0 saturated carbocycles. The van der Waals surface area contributed by atoms with Gasteiger partial charge in [-0.25, -0.2) is 9.97 Å². The highest BCUT2D eigenvalue weighted by Gasteiger charge is 2.27. The second-order valence-electron chi connectivity index (χ2n) is 5.78. The van der Waals surface area contributed by atoms with Crippen LogP contribution in [0, 0.1) is 11.3 Å². The zero-order valence-electron chi connectivity index (χ0n) is 12.9. The van der Waals surface area contributed by atoms with E-state index in [2.05, 4.69) is 9.97 Å². The molecule has 1 amide bonds. The highest BCUT2D eigenvalue weighted by Crippen LogP contribution is 2.22. The summed E-state index contributed by atoms with van der Waals surface area (Å²) >= 11 is 0. The van der Waals surface area contributed by atoms with Crippen LogP contribution in [0.4, 0.5) is 0 Å². The van der Waals surface area contributed by atoms with E-state index in [4.69, 9.17) is 5.26 Å². The molecule has 0 spiro atoms. The average molecular weight is 309 g/mol. The van der Waals surface area contributed by atoms with Gasteiger partial charge in [-0.1, -0.05) is 0 Å². The van der Waals surface area contributed by atoms with Gasteiger partial charge in [0.25, 0.3) is 5.91 Å². The summed E-state index contributed by atoms with van der Waals surface area (Å²) in [6, 6.07) is 5.50. The fourth-order valence-corrected chi connectivity index (χ4v) is 3.04. The summed E-state index contributed by atoms with van der Waals surface area (Å²) in [4.78, 5) is 22.8.